The zero-order chi connectivity index (χ0) is 11.7. The van der Waals surface area contributed by atoms with Crippen LogP contribution in [0.4, 0.5) is 0 Å². The molecule has 3 heteroatoms. The summed E-state index contributed by atoms with van der Waals surface area (Å²) in [5.41, 5.74) is 7.35. The number of hydrogen-bond acceptors (Lipinski definition) is 3. The molecule has 1 atom stereocenters. The van der Waals surface area contributed by atoms with E-state index in [9.17, 15) is 0 Å². The van der Waals surface area contributed by atoms with Crippen LogP contribution in [-0.2, 0) is 6.54 Å². The van der Waals surface area contributed by atoms with Gasteiger partial charge in [0.25, 0.3) is 0 Å². The fourth-order valence-electron chi connectivity index (χ4n) is 2.44. The molecule has 16 heavy (non-hydrogen) atoms. The number of aryl methyl sites for hydroxylation is 2. The molecule has 1 aromatic rings. The zero-order valence-electron chi connectivity index (χ0n) is 10.5. The molecule has 1 aromatic heterocycles. The van der Waals surface area contributed by atoms with Crippen molar-refractivity contribution in [3.05, 3.63) is 21.4 Å². The second-order valence-corrected chi connectivity index (χ2v) is 6.45. The molecule has 0 bridgehead atoms. The molecular weight excluding hydrogens is 216 g/mol. The lowest BCUT2D eigenvalue weighted by atomic mass is 10.1. The Morgan fingerprint density at radius 3 is 2.62 bits per heavy atom. The number of nitrogens with two attached hydrogens (primary N) is 1. The number of hydrogen-bond donors (Lipinski definition) is 1. The minimum absolute atomic E-state index is 0.583. The second-order valence-electron chi connectivity index (χ2n) is 4.99. The van der Waals surface area contributed by atoms with Gasteiger partial charge in [-0.3, -0.25) is 4.90 Å². The molecule has 90 valence electrons. The summed E-state index contributed by atoms with van der Waals surface area (Å²) in [7, 11) is 2.21. The van der Waals surface area contributed by atoms with Crippen molar-refractivity contribution in [2.24, 2.45) is 11.7 Å². The van der Waals surface area contributed by atoms with E-state index in [1.165, 1.54) is 28.2 Å². The Balaban J connectivity index is 2.00. The summed E-state index contributed by atoms with van der Waals surface area (Å²) in [4.78, 5) is 5.30. The minimum Gasteiger partial charge on any atom is -0.329 e. The first-order valence-corrected chi connectivity index (χ1v) is 6.89. The maximum atomic E-state index is 5.87. The van der Waals surface area contributed by atoms with Gasteiger partial charge in [0.05, 0.1) is 0 Å². The van der Waals surface area contributed by atoms with E-state index in [0.29, 0.717) is 6.04 Å². The van der Waals surface area contributed by atoms with E-state index in [0.717, 1.165) is 19.0 Å². The van der Waals surface area contributed by atoms with Gasteiger partial charge in [0.15, 0.2) is 0 Å². The third kappa shape index (κ3) is 2.65. The maximum Gasteiger partial charge on any atom is 0.0247 e. The van der Waals surface area contributed by atoms with Crippen molar-refractivity contribution in [2.75, 3.05) is 13.6 Å². The molecule has 1 saturated carbocycles. The largest absolute Gasteiger partial charge is 0.329 e. The lowest BCUT2D eigenvalue weighted by molar-refractivity contribution is 0.215. The molecule has 1 heterocycles. The molecule has 0 saturated heterocycles. The van der Waals surface area contributed by atoms with E-state index < -0.39 is 0 Å². The van der Waals surface area contributed by atoms with Gasteiger partial charge in [0.2, 0.25) is 0 Å². The molecule has 1 aliphatic carbocycles. The van der Waals surface area contributed by atoms with Gasteiger partial charge >= 0.3 is 0 Å². The van der Waals surface area contributed by atoms with Crippen LogP contribution in [0, 0.1) is 19.8 Å². The molecular formula is C13H22N2S. The van der Waals surface area contributed by atoms with Crippen LogP contribution >= 0.6 is 11.3 Å². The fourth-order valence-corrected chi connectivity index (χ4v) is 3.38. The first-order valence-electron chi connectivity index (χ1n) is 6.08. The first-order chi connectivity index (χ1) is 7.61. The van der Waals surface area contributed by atoms with Crippen LogP contribution in [0.1, 0.15) is 28.2 Å². The van der Waals surface area contributed by atoms with Gasteiger partial charge in [-0.15, -0.1) is 11.3 Å². The van der Waals surface area contributed by atoms with E-state index in [1.54, 1.807) is 0 Å². The SMILES string of the molecule is Cc1cc(CN(C)C(CN)C2CC2)c(C)s1. The summed E-state index contributed by atoms with van der Waals surface area (Å²) >= 11 is 1.90. The molecule has 1 aliphatic rings. The minimum atomic E-state index is 0.583. The third-order valence-electron chi connectivity index (χ3n) is 3.54. The Morgan fingerprint density at radius 1 is 1.50 bits per heavy atom. The number of nitrogens with zero attached hydrogens (tertiary/aromatic N) is 1. The molecule has 2 N–H and O–H groups in total. The summed E-state index contributed by atoms with van der Waals surface area (Å²) in [6.45, 7) is 6.25. The summed E-state index contributed by atoms with van der Waals surface area (Å²) < 4.78 is 0. The van der Waals surface area contributed by atoms with Crippen LogP contribution in [-0.4, -0.2) is 24.5 Å². The predicted molar refractivity (Wildman–Crippen MR) is 70.8 cm³/mol. The first kappa shape index (κ1) is 12.1. The van der Waals surface area contributed by atoms with Gasteiger partial charge in [0.1, 0.15) is 0 Å². The van der Waals surface area contributed by atoms with E-state index in [-0.39, 0.29) is 0 Å². The summed E-state index contributed by atoms with van der Waals surface area (Å²) in [5.74, 6) is 0.857. The maximum absolute atomic E-state index is 5.87. The molecule has 0 aromatic carbocycles. The third-order valence-corrected chi connectivity index (χ3v) is 4.55. The smallest absolute Gasteiger partial charge is 0.0247 e. The highest BCUT2D eigenvalue weighted by atomic mass is 32.1. The Morgan fingerprint density at radius 2 is 2.19 bits per heavy atom. The van der Waals surface area contributed by atoms with Gasteiger partial charge in [0, 0.05) is 28.9 Å². The van der Waals surface area contributed by atoms with Crippen LogP contribution in [0.25, 0.3) is 0 Å². The van der Waals surface area contributed by atoms with Gasteiger partial charge in [-0.05, 0) is 51.3 Å². The van der Waals surface area contributed by atoms with Crippen molar-refractivity contribution < 1.29 is 0 Å². The molecule has 2 rings (SSSR count). The number of rotatable bonds is 5. The summed E-state index contributed by atoms with van der Waals surface area (Å²) in [5, 5.41) is 0. The van der Waals surface area contributed by atoms with Crippen molar-refractivity contribution >= 4 is 11.3 Å². The molecule has 1 unspecified atom stereocenters. The van der Waals surface area contributed by atoms with Gasteiger partial charge in [-0.25, -0.2) is 0 Å². The zero-order valence-corrected chi connectivity index (χ0v) is 11.3. The van der Waals surface area contributed by atoms with Crippen molar-refractivity contribution in [3.63, 3.8) is 0 Å². The Bertz CT molecular complexity index is 355. The molecule has 1 fully saturated rings. The normalized spacial score (nSPS) is 18.1. The van der Waals surface area contributed by atoms with Crippen LogP contribution < -0.4 is 5.73 Å². The number of thiophene rings is 1. The van der Waals surface area contributed by atoms with Crippen molar-refractivity contribution in [3.8, 4) is 0 Å². The highest BCUT2D eigenvalue weighted by molar-refractivity contribution is 7.12. The van der Waals surface area contributed by atoms with Crippen LogP contribution in [0.2, 0.25) is 0 Å². The standard InChI is InChI=1S/C13H22N2S/c1-9-6-12(10(2)16-9)8-15(3)13(7-14)11-4-5-11/h6,11,13H,4-5,7-8,14H2,1-3H3. The average Bonchev–Trinajstić information content (AvgIpc) is 2.97. The second kappa shape index (κ2) is 4.86. The summed E-state index contributed by atoms with van der Waals surface area (Å²) in [6.07, 6.45) is 2.74. The van der Waals surface area contributed by atoms with Crippen molar-refractivity contribution in [1.82, 2.24) is 4.90 Å². The van der Waals surface area contributed by atoms with E-state index in [2.05, 4.69) is 31.9 Å². The lowest BCUT2D eigenvalue weighted by Crippen LogP contribution is -2.39. The monoisotopic (exact) mass is 238 g/mol. The lowest BCUT2D eigenvalue weighted by Gasteiger charge is -2.26. The molecule has 0 radical (unpaired) electrons. The van der Waals surface area contributed by atoms with Crippen LogP contribution in [0.15, 0.2) is 6.07 Å². The van der Waals surface area contributed by atoms with E-state index in [4.69, 9.17) is 5.73 Å². The van der Waals surface area contributed by atoms with E-state index >= 15 is 0 Å². The van der Waals surface area contributed by atoms with Crippen molar-refractivity contribution in [1.29, 1.82) is 0 Å². The summed E-state index contributed by atoms with van der Waals surface area (Å²) in [6, 6.07) is 2.90. The Kier molecular flexibility index (Phi) is 3.67. The highest BCUT2D eigenvalue weighted by Gasteiger charge is 2.32. The Labute approximate surface area is 102 Å². The fraction of sp³-hybridized carbons (Fsp3) is 0.692. The number of likely N-dealkylation sites (N-methyl/N-ethyl adjacent to an activating group) is 1. The van der Waals surface area contributed by atoms with Gasteiger partial charge in [-0.2, -0.15) is 0 Å². The van der Waals surface area contributed by atoms with Gasteiger partial charge < -0.3 is 5.73 Å². The average molecular weight is 238 g/mol. The molecule has 0 aliphatic heterocycles. The topological polar surface area (TPSA) is 29.3 Å². The van der Waals surface area contributed by atoms with E-state index in [1.807, 2.05) is 11.3 Å². The molecule has 2 nitrogen and oxygen atoms in total. The van der Waals surface area contributed by atoms with Crippen LogP contribution in [0.5, 0.6) is 0 Å². The quantitative estimate of drug-likeness (QED) is 0.854. The molecule has 0 spiro atoms. The van der Waals surface area contributed by atoms with Crippen molar-refractivity contribution in [2.45, 2.75) is 39.3 Å². The Hall–Kier alpha value is -0.380. The molecule has 0 amide bonds. The van der Waals surface area contributed by atoms with Gasteiger partial charge in [-0.1, -0.05) is 0 Å². The van der Waals surface area contributed by atoms with Crippen LogP contribution in [0.3, 0.4) is 0 Å². The predicted octanol–water partition coefficient (Wildman–Crippen LogP) is 2.53. The highest BCUT2D eigenvalue weighted by Crippen LogP contribution is 2.35.